The molecule has 15 heteroatoms. The summed E-state index contributed by atoms with van der Waals surface area (Å²) in [4.78, 5) is 43.3. The summed E-state index contributed by atoms with van der Waals surface area (Å²) in [6.45, 7) is 1.54. The maximum Gasteiger partial charge on any atom is 0.386 e. The predicted octanol–water partition coefficient (Wildman–Crippen LogP) is 3.63. The molecule has 0 spiro atoms. The molecule has 0 aliphatic rings. The van der Waals surface area contributed by atoms with Gasteiger partial charge in [-0.15, -0.1) is 11.3 Å². The SMILES string of the molecule is CCOC(=O)C(=NOC(=O)C(Cl)(Cl)Cl)c1csc(NC(=O)C(Cl)(Cl)Cl)n1. The van der Waals surface area contributed by atoms with Gasteiger partial charge in [0.05, 0.1) is 6.61 Å². The van der Waals surface area contributed by atoms with Crippen molar-refractivity contribution in [1.82, 2.24) is 4.98 Å². The van der Waals surface area contributed by atoms with Gasteiger partial charge in [-0.2, -0.15) is 0 Å². The van der Waals surface area contributed by atoms with Crippen LogP contribution in [0.5, 0.6) is 0 Å². The number of nitrogens with zero attached hydrogens (tertiary/aromatic N) is 2. The minimum absolute atomic E-state index is 0.00273. The maximum atomic E-state index is 12.0. The molecule has 8 nitrogen and oxygen atoms in total. The molecule has 144 valence electrons. The fourth-order valence-electron chi connectivity index (χ4n) is 1.13. The van der Waals surface area contributed by atoms with E-state index in [0.717, 1.165) is 11.3 Å². The highest BCUT2D eigenvalue weighted by molar-refractivity contribution is 7.14. The lowest BCUT2D eigenvalue weighted by molar-refractivity contribution is -0.142. The molecule has 0 saturated heterocycles. The van der Waals surface area contributed by atoms with E-state index in [-0.39, 0.29) is 17.4 Å². The molecule has 26 heavy (non-hydrogen) atoms. The van der Waals surface area contributed by atoms with Crippen LogP contribution in [-0.2, 0) is 24.0 Å². The van der Waals surface area contributed by atoms with E-state index in [0.29, 0.717) is 0 Å². The molecule has 0 aliphatic heterocycles. The first kappa shape index (κ1) is 23.5. The lowest BCUT2D eigenvalue weighted by Gasteiger charge is -2.09. The summed E-state index contributed by atoms with van der Waals surface area (Å²) in [5, 5.41) is 6.80. The molecule has 0 radical (unpaired) electrons. The third kappa shape index (κ3) is 7.22. The van der Waals surface area contributed by atoms with E-state index >= 15 is 0 Å². The zero-order chi connectivity index (χ0) is 20.1. The summed E-state index contributed by atoms with van der Waals surface area (Å²) in [6, 6.07) is 0. The number of nitrogens with one attached hydrogen (secondary N) is 1. The first-order valence-electron chi connectivity index (χ1n) is 6.23. The largest absolute Gasteiger partial charge is 0.461 e. The first-order chi connectivity index (χ1) is 11.9. The van der Waals surface area contributed by atoms with Crippen LogP contribution >= 0.6 is 80.9 Å². The highest BCUT2D eigenvalue weighted by Gasteiger charge is 2.34. The fourth-order valence-corrected chi connectivity index (χ4v) is 2.07. The second kappa shape index (κ2) is 9.59. The summed E-state index contributed by atoms with van der Waals surface area (Å²) in [5.41, 5.74) is -0.620. The van der Waals surface area contributed by atoms with Crippen molar-refractivity contribution >= 4 is 110 Å². The van der Waals surface area contributed by atoms with Gasteiger partial charge < -0.3 is 9.57 Å². The van der Waals surface area contributed by atoms with Crippen molar-refractivity contribution < 1.29 is 24.0 Å². The van der Waals surface area contributed by atoms with E-state index in [9.17, 15) is 14.4 Å². The van der Waals surface area contributed by atoms with Gasteiger partial charge >= 0.3 is 11.9 Å². The number of rotatable bonds is 5. The number of thiazole rings is 1. The minimum atomic E-state index is -2.41. The lowest BCUT2D eigenvalue weighted by Crippen LogP contribution is -2.27. The summed E-state index contributed by atoms with van der Waals surface area (Å²) < 4.78 is 0.149. The van der Waals surface area contributed by atoms with Crippen LogP contribution in [0.25, 0.3) is 0 Å². The van der Waals surface area contributed by atoms with Crippen molar-refractivity contribution in [2.24, 2.45) is 5.16 Å². The Bertz CT molecular complexity index is 727. The molecule has 1 rings (SSSR count). The summed E-state index contributed by atoms with van der Waals surface area (Å²) >= 11 is 33.1. The number of ether oxygens (including phenoxy) is 1. The molecule has 0 aromatic carbocycles. The minimum Gasteiger partial charge on any atom is -0.461 e. The van der Waals surface area contributed by atoms with Gasteiger partial charge in [-0.25, -0.2) is 14.6 Å². The van der Waals surface area contributed by atoms with E-state index in [4.69, 9.17) is 74.3 Å². The second-order valence-corrected chi connectivity index (χ2v) is 9.45. The number of carbonyl (C=O) groups is 3. The molecule has 1 aromatic heterocycles. The van der Waals surface area contributed by atoms with Crippen molar-refractivity contribution in [2.75, 3.05) is 11.9 Å². The van der Waals surface area contributed by atoms with Crippen LogP contribution in [0, 0.1) is 0 Å². The van der Waals surface area contributed by atoms with Crippen LogP contribution in [0.15, 0.2) is 10.5 Å². The smallest absolute Gasteiger partial charge is 0.386 e. The Kier molecular flexibility index (Phi) is 8.66. The maximum absolute atomic E-state index is 12.0. The summed E-state index contributed by atoms with van der Waals surface area (Å²) in [7, 11) is 0. The zero-order valence-corrected chi connectivity index (χ0v) is 17.7. The lowest BCUT2D eigenvalue weighted by atomic mass is 10.3. The Morgan fingerprint density at radius 2 is 1.81 bits per heavy atom. The normalized spacial score (nSPS) is 12.5. The number of hydrogen-bond donors (Lipinski definition) is 1. The zero-order valence-electron chi connectivity index (χ0n) is 12.4. The van der Waals surface area contributed by atoms with Crippen LogP contribution in [0.2, 0.25) is 0 Å². The van der Waals surface area contributed by atoms with Gasteiger partial charge in [-0.05, 0) is 6.92 Å². The van der Waals surface area contributed by atoms with Gasteiger partial charge in [0.2, 0.25) is 5.71 Å². The summed E-state index contributed by atoms with van der Waals surface area (Å²) in [6.07, 6.45) is 0. The van der Waals surface area contributed by atoms with E-state index in [1.807, 2.05) is 0 Å². The number of halogens is 6. The highest BCUT2D eigenvalue weighted by atomic mass is 35.6. The van der Waals surface area contributed by atoms with Gasteiger partial charge in [-0.1, -0.05) is 74.8 Å². The molecule has 0 fully saturated rings. The monoisotopic (exact) mass is 503 g/mol. The molecule has 1 heterocycles. The Labute approximate surface area is 180 Å². The standard InChI is InChI=1S/C11H7Cl6N3O5S/c1-2-24-6(21)5(20-25-8(23)11(15,16)17)4-3-26-9(18-4)19-7(22)10(12,13)14/h3H,2H2,1H3,(H,18,19,22). The van der Waals surface area contributed by atoms with Gasteiger partial charge in [0.25, 0.3) is 13.5 Å². The van der Waals surface area contributed by atoms with Gasteiger partial charge in [-0.3, -0.25) is 10.1 Å². The molecule has 0 atom stereocenters. The number of esters is 1. The number of amides is 1. The van der Waals surface area contributed by atoms with E-state index < -0.39 is 31.1 Å². The molecule has 0 unspecified atom stereocenters. The Morgan fingerprint density at radius 3 is 2.31 bits per heavy atom. The van der Waals surface area contributed by atoms with Gasteiger partial charge in [0.15, 0.2) is 5.13 Å². The van der Waals surface area contributed by atoms with Gasteiger partial charge in [0, 0.05) is 5.38 Å². The molecule has 1 aromatic rings. The first-order valence-corrected chi connectivity index (χ1v) is 9.38. The fraction of sp³-hybridized carbons (Fsp3) is 0.364. The molecular formula is C11H7Cl6N3O5S. The average Bonchev–Trinajstić information content (AvgIpc) is 2.93. The Hall–Kier alpha value is -0.550. The number of oxime groups is 1. The Balaban J connectivity index is 3.07. The third-order valence-electron chi connectivity index (χ3n) is 2.14. The molecule has 0 bridgehead atoms. The van der Waals surface area contributed by atoms with Crippen LogP contribution in [0.1, 0.15) is 12.6 Å². The van der Waals surface area contributed by atoms with E-state index in [2.05, 4.69) is 20.3 Å². The predicted molar refractivity (Wildman–Crippen MR) is 101 cm³/mol. The number of aromatic nitrogens is 1. The number of hydrogen-bond acceptors (Lipinski definition) is 8. The van der Waals surface area contributed by atoms with Crippen molar-refractivity contribution in [1.29, 1.82) is 0 Å². The number of anilines is 1. The van der Waals surface area contributed by atoms with Crippen molar-refractivity contribution in [3.63, 3.8) is 0 Å². The molecule has 0 saturated carbocycles. The second-order valence-electron chi connectivity index (χ2n) is 4.03. The number of carbonyl (C=O) groups excluding carboxylic acids is 3. The summed E-state index contributed by atoms with van der Waals surface area (Å²) in [5.74, 6) is -3.31. The van der Waals surface area contributed by atoms with Gasteiger partial charge in [0.1, 0.15) is 5.69 Å². The molecule has 1 amide bonds. The molecule has 1 N–H and O–H groups in total. The van der Waals surface area contributed by atoms with E-state index in [1.165, 1.54) is 12.3 Å². The third-order valence-corrected chi connectivity index (χ3v) is 3.88. The molecule has 0 aliphatic carbocycles. The number of alkyl halides is 6. The quantitative estimate of drug-likeness (QED) is 0.215. The van der Waals surface area contributed by atoms with E-state index in [1.54, 1.807) is 0 Å². The van der Waals surface area contributed by atoms with Crippen LogP contribution in [0.4, 0.5) is 5.13 Å². The highest BCUT2D eigenvalue weighted by Crippen LogP contribution is 2.29. The topological polar surface area (TPSA) is 107 Å². The average molecular weight is 506 g/mol. The van der Waals surface area contributed by atoms with Crippen molar-refractivity contribution in [3.8, 4) is 0 Å². The van der Waals surface area contributed by atoms with Crippen molar-refractivity contribution in [2.45, 2.75) is 14.5 Å². The van der Waals surface area contributed by atoms with Crippen LogP contribution < -0.4 is 5.32 Å². The van der Waals surface area contributed by atoms with Crippen LogP contribution in [0.3, 0.4) is 0 Å². The van der Waals surface area contributed by atoms with Crippen molar-refractivity contribution in [3.05, 3.63) is 11.1 Å². The van der Waals surface area contributed by atoms with Crippen LogP contribution in [-0.4, -0.2) is 42.7 Å². The molecular weight excluding hydrogens is 499 g/mol. The Morgan fingerprint density at radius 1 is 1.19 bits per heavy atom.